The Balaban J connectivity index is 2.99. The minimum absolute atomic E-state index is 0.170. The Bertz CT molecular complexity index is 254. The average molecular weight is 175 g/mol. The van der Waals surface area contributed by atoms with Gasteiger partial charge in [0, 0.05) is 0 Å². The summed E-state index contributed by atoms with van der Waals surface area (Å²) < 4.78 is 4.76. The van der Waals surface area contributed by atoms with Gasteiger partial charge in [0.2, 0.25) is 0 Å². The van der Waals surface area contributed by atoms with Gasteiger partial charge in [-0.2, -0.15) is 0 Å². The number of hydrogen-bond acceptors (Lipinski definition) is 4. The van der Waals surface area contributed by atoms with E-state index in [9.17, 15) is 0 Å². The molecular weight excluding hydrogens is 168 g/mol. The number of rotatable bonds is 2. The van der Waals surface area contributed by atoms with Crippen molar-refractivity contribution in [1.29, 1.82) is 0 Å². The van der Waals surface area contributed by atoms with Crippen LogP contribution in [0.4, 0.5) is 0 Å². The summed E-state index contributed by atoms with van der Waals surface area (Å²) in [5.74, 6) is 0.267. The van der Waals surface area contributed by atoms with E-state index in [1.165, 1.54) is 13.2 Å². The predicted molar refractivity (Wildman–Crippen MR) is 39.5 cm³/mol. The molecule has 0 aliphatic carbocycles. The van der Waals surface area contributed by atoms with Crippen molar-refractivity contribution in [2.75, 3.05) is 7.11 Å². The molecule has 0 saturated heterocycles. The van der Waals surface area contributed by atoms with Crippen molar-refractivity contribution in [2.24, 2.45) is 0 Å². The van der Waals surface area contributed by atoms with Crippen molar-refractivity contribution in [3.63, 3.8) is 0 Å². The lowest BCUT2D eigenvalue weighted by atomic mass is 10.4. The topological polar surface area (TPSA) is 55.2 Å². The first-order chi connectivity index (χ1) is 5.27. The van der Waals surface area contributed by atoms with E-state index in [0.717, 1.165) is 0 Å². The van der Waals surface area contributed by atoms with Gasteiger partial charge in [-0.15, -0.1) is 10.2 Å². The maximum Gasteiger partial charge on any atom is 0.252 e. The van der Waals surface area contributed by atoms with Crippen molar-refractivity contribution in [2.45, 2.75) is 6.61 Å². The molecule has 4 nitrogen and oxygen atoms in total. The van der Waals surface area contributed by atoms with Crippen LogP contribution in [0.2, 0.25) is 5.02 Å². The molecule has 0 atom stereocenters. The number of hydrogen-bond donors (Lipinski definition) is 1. The highest BCUT2D eigenvalue weighted by Crippen LogP contribution is 2.19. The molecule has 1 aromatic rings. The van der Waals surface area contributed by atoms with Crippen LogP contribution in [-0.2, 0) is 6.61 Å². The lowest BCUT2D eigenvalue weighted by molar-refractivity contribution is 0.274. The van der Waals surface area contributed by atoms with E-state index in [2.05, 4.69) is 10.2 Å². The van der Waals surface area contributed by atoms with Gasteiger partial charge in [-0.3, -0.25) is 0 Å². The van der Waals surface area contributed by atoms with Gasteiger partial charge < -0.3 is 9.84 Å². The third-order valence-corrected chi connectivity index (χ3v) is 1.39. The summed E-state index contributed by atoms with van der Waals surface area (Å²) in [6, 6.07) is 1.51. The number of aliphatic hydroxyl groups is 1. The molecule has 1 heterocycles. The number of aromatic nitrogens is 2. The molecule has 0 aliphatic rings. The lowest BCUT2D eigenvalue weighted by Gasteiger charge is -2.00. The Morgan fingerprint density at radius 1 is 1.64 bits per heavy atom. The first kappa shape index (κ1) is 8.23. The molecule has 0 spiro atoms. The molecule has 11 heavy (non-hydrogen) atoms. The molecule has 0 fully saturated rings. The van der Waals surface area contributed by atoms with Crippen LogP contribution in [0.1, 0.15) is 5.69 Å². The fourth-order valence-electron chi connectivity index (χ4n) is 0.610. The molecule has 0 bridgehead atoms. The molecule has 0 aromatic carbocycles. The highest BCUT2D eigenvalue weighted by atomic mass is 35.5. The minimum atomic E-state index is -0.170. The number of nitrogens with zero attached hydrogens (tertiary/aromatic N) is 2. The highest BCUT2D eigenvalue weighted by molar-refractivity contribution is 6.31. The molecule has 5 heteroatoms. The molecule has 0 saturated carbocycles. The maximum atomic E-state index is 8.62. The summed E-state index contributed by atoms with van der Waals surface area (Å²) in [5, 5.41) is 16.2. The van der Waals surface area contributed by atoms with Gasteiger partial charge in [-0.25, -0.2) is 0 Å². The fourth-order valence-corrected chi connectivity index (χ4v) is 0.851. The van der Waals surface area contributed by atoms with Crippen LogP contribution in [-0.4, -0.2) is 22.4 Å². The molecule has 0 radical (unpaired) electrons. The number of ether oxygens (including phenoxy) is 1. The average Bonchev–Trinajstić information content (AvgIpc) is 2.04. The van der Waals surface area contributed by atoms with Gasteiger partial charge in [0.15, 0.2) is 0 Å². The molecule has 60 valence electrons. The molecule has 1 rings (SSSR count). The minimum Gasteiger partial charge on any atom is -0.479 e. The normalized spacial score (nSPS) is 9.73. The van der Waals surface area contributed by atoms with Gasteiger partial charge >= 0.3 is 0 Å². The van der Waals surface area contributed by atoms with Crippen LogP contribution in [0.25, 0.3) is 0 Å². The van der Waals surface area contributed by atoms with E-state index < -0.39 is 0 Å². The fraction of sp³-hybridized carbons (Fsp3) is 0.333. The second-order valence-corrected chi connectivity index (χ2v) is 2.26. The molecule has 1 aromatic heterocycles. The van der Waals surface area contributed by atoms with Crippen molar-refractivity contribution >= 4 is 11.6 Å². The zero-order valence-corrected chi connectivity index (χ0v) is 6.67. The first-order valence-corrected chi connectivity index (χ1v) is 3.32. The zero-order valence-electron chi connectivity index (χ0n) is 5.91. The first-order valence-electron chi connectivity index (χ1n) is 2.95. The predicted octanol–water partition coefficient (Wildman–Crippen LogP) is 0.631. The SMILES string of the molecule is COc1nnc(CO)cc1Cl. The number of methoxy groups -OCH3 is 1. The van der Waals surface area contributed by atoms with Gasteiger partial charge in [0.25, 0.3) is 5.88 Å². The van der Waals surface area contributed by atoms with E-state index in [1.54, 1.807) is 0 Å². The molecular formula is C6H7ClN2O2. The molecule has 0 amide bonds. The monoisotopic (exact) mass is 174 g/mol. The van der Waals surface area contributed by atoms with E-state index in [0.29, 0.717) is 10.7 Å². The Morgan fingerprint density at radius 2 is 2.36 bits per heavy atom. The van der Waals surface area contributed by atoms with Crippen molar-refractivity contribution in [3.8, 4) is 5.88 Å². The van der Waals surface area contributed by atoms with E-state index in [-0.39, 0.29) is 12.5 Å². The Kier molecular flexibility index (Phi) is 2.62. The van der Waals surface area contributed by atoms with Crippen LogP contribution < -0.4 is 4.74 Å². The Labute approximate surface area is 68.8 Å². The van der Waals surface area contributed by atoms with E-state index in [4.69, 9.17) is 21.4 Å². The lowest BCUT2D eigenvalue weighted by Crippen LogP contribution is -1.96. The van der Waals surface area contributed by atoms with Crippen LogP contribution >= 0.6 is 11.6 Å². The summed E-state index contributed by atoms with van der Waals surface area (Å²) in [7, 11) is 1.45. The van der Waals surface area contributed by atoms with Gasteiger partial charge in [-0.05, 0) is 6.07 Å². The molecule has 0 unspecified atom stereocenters. The van der Waals surface area contributed by atoms with Gasteiger partial charge in [0.05, 0.1) is 19.4 Å². The summed E-state index contributed by atoms with van der Waals surface area (Å²) in [4.78, 5) is 0. The van der Waals surface area contributed by atoms with Crippen LogP contribution in [0.15, 0.2) is 6.07 Å². The van der Waals surface area contributed by atoms with Crippen molar-refractivity contribution < 1.29 is 9.84 Å². The smallest absolute Gasteiger partial charge is 0.252 e. The van der Waals surface area contributed by atoms with Gasteiger partial charge in [0.1, 0.15) is 5.02 Å². The number of halogens is 1. The third-order valence-electron chi connectivity index (χ3n) is 1.12. The zero-order chi connectivity index (χ0) is 8.27. The molecule has 1 N–H and O–H groups in total. The Morgan fingerprint density at radius 3 is 2.82 bits per heavy atom. The van der Waals surface area contributed by atoms with E-state index in [1.807, 2.05) is 0 Å². The summed E-state index contributed by atoms with van der Waals surface area (Å²) in [6.45, 7) is -0.170. The van der Waals surface area contributed by atoms with Crippen LogP contribution in [0, 0.1) is 0 Å². The highest BCUT2D eigenvalue weighted by Gasteiger charge is 2.03. The van der Waals surface area contributed by atoms with Crippen LogP contribution in [0.3, 0.4) is 0 Å². The van der Waals surface area contributed by atoms with Crippen molar-refractivity contribution in [3.05, 3.63) is 16.8 Å². The largest absolute Gasteiger partial charge is 0.479 e. The maximum absolute atomic E-state index is 8.62. The second-order valence-electron chi connectivity index (χ2n) is 1.85. The summed E-state index contributed by atoms with van der Waals surface area (Å²) in [5.41, 5.74) is 0.427. The van der Waals surface area contributed by atoms with Crippen molar-refractivity contribution in [1.82, 2.24) is 10.2 Å². The molecule has 0 aliphatic heterocycles. The number of aliphatic hydroxyl groups excluding tert-OH is 1. The third kappa shape index (κ3) is 1.78. The van der Waals surface area contributed by atoms with Crippen LogP contribution in [0.5, 0.6) is 5.88 Å². The summed E-state index contributed by atoms with van der Waals surface area (Å²) >= 11 is 5.67. The second kappa shape index (κ2) is 3.50. The van der Waals surface area contributed by atoms with E-state index >= 15 is 0 Å². The standard InChI is InChI=1S/C6H7ClN2O2/c1-11-6-5(7)2-4(3-10)8-9-6/h2,10H,3H2,1H3. The quantitative estimate of drug-likeness (QED) is 0.715. The Hall–Kier alpha value is -0.870. The summed E-state index contributed by atoms with van der Waals surface area (Å²) in [6.07, 6.45) is 0. The van der Waals surface area contributed by atoms with Gasteiger partial charge in [-0.1, -0.05) is 11.6 Å².